The van der Waals surface area contributed by atoms with E-state index in [9.17, 15) is 0 Å². The first kappa shape index (κ1) is 15.8. The van der Waals surface area contributed by atoms with Gasteiger partial charge in [-0.25, -0.2) is 0 Å². The number of aryl methyl sites for hydroxylation is 3. The van der Waals surface area contributed by atoms with Crippen molar-refractivity contribution in [3.63, 3.8) is 0 Å². The Hall–Kier alpha value is -1.61. The van der Waals surface area contributed by atoms with Gasteiger partial charge in [-0.1, -0.05) is 32.0 Å². The molecule has 0 aliphatic heterocycles. The normalized spacial score (nSPS) is 11.3. The molecule has 0 saturated heterocycles. The van der Waals surface area contributed by atoms with Gasteiger partial charge in [0.15, 0.2) is 0 Å². The Bertz CT molecular complexity index is 576. The molecule has 21 heavy (non-hydrogen) atoms. The van der Waals surface area contributed by atoms with Crippen LogP contribution in [0.3, 0.4) is 0 Å². The van der Waals surface area contributed by atoms with Crippen LogP contribution in [0.2, 0.25) is 0 Å². The van der Waals surface area contributed by atoms with Gasteiger partial charge in [0.1, 0.15) is 0 Å². The smallest absolute Gasteiger partial charge is 0.0664 e. The van der Waals surface area contributed by atoms with Crippen LogP contribution in [0.4, 0.5) is 0 Å². The van der Waals surface area contributed by atoms with E-state index in [-0.39, 0.29) is 0 Å². The summed E-state index contributed by atoms with van der Waals surface area (Å²) < 4.78 is 2.07. The molecule has 114 valence electrons. The lowest BCUT2D eigenvalue weighted by Gasteiger charge is -2.09. The lowest BCUT2D eigenvalue weighted by molar-refractivity contribution is 0.551. The largest absolute Gasteiger partial charge is 0.312 e. The van der Waals surface area contributed by atoms with Crippen molar-refractivity contribution in [1.82, 2.24) is 15.1 Å². The summed E-state index contributed by atoms with van der Waals surface area (Å²) in [6, 6.07) is 6.46. The van der Waals surface area contributed by atoms with Crippen LogP contribution in [0.25, 0.3) is 0 Å². The molecule has 1 heterocycles. The van der Waals surface area contributed by atoms with Crippen LogP contribution in [-0.4, -0.2) is 16.3 Å². The van der Waals surface area contributed by atoms with Gasteiger partial charge in [0.05, 0.1) is 12.2 Å². The Labute approximate surface area is 128 Å². The molecule has 2 rings (SSSR count). The fourth-order valence-corrected chi connectivity index (χ4v) is 2.57. The highest BCUT2D eigenvalue weighted by molar-refractivity contribution is 5.33. The predicted molar refractivity (Wildman–Crippen MR) is 88.5 cm³/mol. The van der Waals surface area contributed by atoms with Crippen LogP contribution in [0, 0.1) is 26.7 Å². The number of nitrogens with one attached hydrogen (secondary N) is 1. The van der Waals surface area contributed by atoms with E-state index in [4.69, 9.17) is 0 Å². The molecule has 1 aromatic heterocycles. The van der Waals surface area contributed by atoms with E-state index in [2.05, 4.69) is 74.1 Å². The van der Waals surface area contributed by atoms with Gasteiger partial charge in [-0.15, -0.1) is 0 Å². The molecule has 0 fully saturated rings. The molecular formula is C18H27N3. The highest BCUT2D eigenvalue weighted by atomic mass is 15.3. The second-order valence-electron chi connectivity index (χ2n) is 6.33. The van der Waals surface area contributed by atoms with Crippen molar-refractivity contribution in [2.45, 2.75) is 47.7 Å². The number of benzene rings is 1. The van der Waals surface area contributed by atoms with E-state index in [0.29, 0.717) is 5.92 Å². The zero-order chi connectivity index (χ0) is 15.4. The summed E-state index contributed by atoms with van der Waals surface area (Å²) >= 11 is 0. The van der Waals surface area contributed by atoms with Crippen LogP contribution < -0.4 is 5.32 Å². The zero-order valence-corrected chi connectivity index (χ0v) is 13.9. The van der Waals surface area contributed by atoms with Crippen molar-refractivity contribution in [1.29, 1.82) is 0 Å². The van der Waals surface area contributed by atoms with Gasteiger partial charge in [0.25, 0.3) is 0 Å². The number of rotatable bonds is 6. The fourth-order valence-electron chi connectivity index (χ4n) is 2.57. The van der Waals surface area contributed by atoms with Gasteiger partial charge < -0.3 is 5.32 Å². The second-order valence-corrected chi connectivity index (χ2v) is 6.33. The molecule has 0 aliphatic rings. The maximum absolute atomic E-state index is 4.66. The monoisotopic (exact) mass is 285 g/mol. The summed E-state index contributed by atoms with van der Waals surface area (Å²) in [5.74, 6) is 0.676. The molecule has 2 aromatic rings. The Kier molecular flexibility index (Phi) is 5.18. The first-order valence-corrected chi connectivity index (χ1v) is 7.76. The van der Waals surface area contributed by atoms with Crippen molar-refractivity contribution in [3.05, 3.63) is 52.3 Å². The van der Waals surface area contributed by atoms with Crippen LogP contribution in [0.5, 0.6) is 0 Å². The molecule has 0 aliphatic carbocycles. The Morgan fingerprint density at radius 3 is 2.43 bits per heavy atom. The Morgan fingerprint density at radius 2 is 1.81 bits per heavy atom. The molecule has 0 saturated carbocycles. The van der Waals surface area contributed by atoms with Gasteiger partial charge in [0, 0.05) is 18.3 Å². The molecule has 3 nitrogen and oxygen atoms in total. The van der Waals surface area contributed by atoms with Crippen molar-refractivity contribution in [2.24, 2.45) is 5.92 Å². The Balaban J connectivity index is 2.08. The molecule has 3 heteroatoms. The van der Waals surface area contributed by atoms with E-state index in [1.54, 1.807) is 0 Å². The summed E-state index contributed by atoms with van der Waals surface area (Å²) in [5.41, 5.74) is 6.46. The highest BCUT2D eigenvalue weighted by Gasteiger charge is 2.08. The molecule has 0 unspecified atom stereocenters. The summed E-state index contributed by atoms with van der Waals surface area (Å²) in [6.45, 7) is 13.7. The Morgan fingerprint density at radius 1 is 1.14 bits per heavy atom. The topological polar surface area (TPSA) is 29.9 Å². The van der Waals surface area contributed by atoms with E-state index in [1.165, 1.54) is 22.3 Å². The van der Waals surface area contributed by atoms with Crippen LogP contribution in [0.15, 0.2) is 24.4 Å². The molecule has 0 atom stereocenters. The molecule has 1 aromatic carbocycles. The average molecular weight is 285 g/mol. The van der Waals surface area contributed by atoms with E-state index in [1.807, 2.05) is 0 Å². The summed E-state index contributed by atoms with van der Waals surface area (Å²) in [4.78, 5) is 0. The summed E-state index contributed by atoms with van der Waals surface area (Å²) in [7, 11) is 0. The van der Waals surface area contributed by atoms with Crippen molar-refractivity contribution >= 4 is 0 Å². The minimum Gasteiger partial charge on any atom is -0.312 e. The second kappa shape index (κ2) is 6.90. The molecule has 0 radical (unpaired) electrons. The first-order chi connectivity index (χ1) is 9.97. The van der Waals surface area contributed by atoms with Gasteiger partial charge in [0.2, 0.25) is 0 Å². The highest BCUT2D eigenvalue weighted by Crippen LogP contribution is 2.15. The SMILES string of the molecule is Cc1cccc(C)c1Cn1cc(CNCC(C)C)c(C)n1. The van der Waals surface area contributed by atoms with Crippen LogP contribution in [-0.2, 0) is 13.1 Å². The van der Waals surface area contributed by atoms with Crippen molar-refractivity contribution in [2.75, 3.05) is 6.54 Å². The number of hydrogen-bond acceptors (Lipinski definition) is 2. The molecule has 0 amide bonds. The van der Waals surface area contributed by atoms with Gasteiger partial charge in [-0.05, 0) is 49.9 Å². The molecule has 0 bridgehead atoms. The standard InChI is InChI=1S/C18H27N3/c1-13(2)9-19-10-17-11-21(20-16(17)5)12-18-14(3)7-6-8-15(18)4/h6-8,11,13,19H,9-10,12H2,1-5H3. The third kappa shape index (κ3) is 4.18. The quantitative estimate of drug-likeness (QED) is 0.879. The average Bonchev–Trinajstić information content (AvgIpc) is 2.74. The summed E-state index contributed by atoms with van der Waals surface area (Å²) in [6.07, 6.45) is 2.18. The van der Waals surface area contributed by atoms with Crippen LogP contribution >= 0.6 is 0 Å². The fraction of sp³-hybridized carbons (Fsp3) is 0.500. The first-order valence-electron chi connectivity index (χ1n) is 7.76. The van der Waals surface area contributed by atoms with E-state index < -0.39 is 0 Å². The molecular weight excluding hydrogens is 258 g/mol. The third-order valence-electron chi connectivity index (χ3n) is 3.88. The van der Waals surface area contributed by atoms with Crippen molar-refractivity contribution < 1.29 is 0 Å². The predicted octanol–water partition coefficient (Wildman–Crippen LogP) is 3.60. The number of nitrogens with zero attached hydrogens (tertiary/aromatic N) is 2. The zero-order valence-electron chi connectivity index (χ0n) is 13.9. The van der Waals surface area contributed by atoms with E-state index in [0.717, 1.165) is 25.3 Å². The van der Waals surface area contributed by atoms with Crippen molar-refractivity contribution in [3.8, 4) is 0 Å². The minimum atomic E-state index is 0.676. The lowest BCUT2D eigenvalue weighted by Crippen LogP contribution is -2.19. The maximum Gasteiger partial charge on any atom is 0.0664 e. The number of aromatic nitrogens is 2. The minimum absolute atomic E-state index is 0.676. The third-order valence-corrected chi connectivity index (χ3v) is 3.88. The molecule has 0 spiro atoms. The molecule has 1 N–H and O–H groups in total. The maximum atomic E-state index is 4.66. The summed E-state index contributed by atoms with van der Waals surface area (Å²) in [5, 5.41) is 8.15. The van der Waals surface area contributed by atoms with Gasteiger partial charge >= 0.3 is 0 Å². The lowest BCUT2D eigenvalue weighted by atomic mass is 10.0. The van der Waals surface area contributed by atoms with Gasteiger partial charge in [-0.2, -0.15) is 5.10 Å². The van der Waals surface area contributed by atoms with Crippen LogP contribution in [0.1, 0.15) is 41.8 Å². The van der Waals surface area contributed by atoms with Gasteiger partial charge in [-0.3, -0.25) is 4.68 Å². The van der Waals surface area contributed by atoms with E-state index >= 15 is 0 Å². The number of hydrogen-bond donors (Lipinski definition) is 1.